The van der Waals surface area contributed by atoms with Gasteiger partial charge in [-0.25, -0.2) is 0 Å². The number of rotatable bonds is 4. The molecule has 0 spiro atoms. The molecule has 0 aromatic heterocycles. The molecule has 1 rings (SSSR count). The van der Waals surface area contributed by atoms with Crippen LogP contribution in [0, 0.1) is 0 Å². The van der Waals surface area contributed by atoms with E-state index in [4.69, 9.17) is 5.73 Å². The summed E-state index contributed by atoms with van der Waals surface area (Å²) in [5, 5.41) is 5.32. The van der Waals surface area contributed by atoms with Gasteiger partial charge in [0.25, 0.3) is 0 Å². The molecule has 0 aliphatic carbocycles. The molecular formula is C9H17N3O2. The van der Waals surface area contributed by atoms with Crippen LogP contribution in [0.2, 0.25) is 0 Å². The van der Waals surface area contributed by atoms with E-state index in [9.17, 15) is 9.59 Å². The van der Waals surface area contributed by atoms with E-state index in [1.54, 1.807) is 0 Å². The molecule has 5 nitrogen and oxygen atoms in total. The second-order valence-electron chi connectivity index (χ2n) is 3.57. The molecule has 5 heteroatoms. The smallest absolute Gasteiger partial charge is 0.242 e. The van der Waals surface area contributed by atoms with E-state index in [2.05, 4.69) is 10.6 Å². The fraction of sp³-hybridized carbons (Fsp3) is 0.778. The van der Waals surface area contributed by atoms with E-state index in [-0.39, 0.29) is 23.9 Å². The number of carbonyl (C=O) groups is 2. The molecule has 1 aliphatic heterocycles. The Morgan fingerprint density at radius 3 is 3.00 bits per heavy atom. The minimum Gasteiger partial charge on any atom is -0.353 e. The van der Waals surface area contributed by atoms with Crippen LogP contribution in [0.1, 0.15) is 26.2 Å². The van der Waals surface area contributed by atoms with Crippen molar-refractivity contribution in [3.63, 3.8) is 0 Å². The Kier molecular flexibility index (Phi) is 3.88. The first-order valence-corrected chi connectivity index (χ1v) is 4.96. The predicted molar refractivity (Wildman–Crippen MR) is 52.4 cm³/mol. The number of amides is 2. The first-order chi connectivity index (χ1) is 6.63. The van der Waals surface area contributed by atoms with Crippen molar-refractivity contribution in [2.45, 2.75) is 38.3 Å². The van der Waals surface area contributed by atoms with Gasteiger partial charge in [-0.05, 0) is 12.8 Å². The van der Waals surface area contributed by atoms with Gasteiger partial charge in [0.2, 0.25) is 11.8 Å². The van der Waals surface area contributed by atoms with Crippen LogP contribution in [0.15, 0.2) is 0 Å². The Morgan fingerprint density at radius 2 is 2.50 bits per heavy atom. The maximum Gasteiger partial charge on any atom is 0.242 e. The quantitative estimate of drug-likeness (QED) is 0.549. The summed E-state index contributed by atoms with van der Waals surface area (Å²) in [4.78, 5) is 22.3. The minimum absolute atomic E-state index is 0.00365. The van der Waals surface area contributed by atoms with Gasteiger partial charge < -0.3 is 16.4 Å². The summed E-state index contributed by atoms with van der Waals surface area (Å²) in [5.74, 6) is -0.176. The Bertz CT molecular complexity index is 230. The van der Waals surface area contributed by atoms with Gasteiger partial charge in [-0.15, -0.1) is 0 Å². The molecule has 0 bridgehead atoms. The molecule has 80 valence electrons. The lowest BCUT2D eigenvalue weighted by Crippen LogP contribution is -2.45. The third kappa shape index (κ3) is 2.99. The maximum absolute atomic E-state index is 11.4. The summed E-state index contributed by atoms with van der Waals surface area (Å²) in [6.45, 7) is 2.44. The number of hydrogen-bond acceptors (Lipinski definition) is 3. The summed E-state index contributed by atoms with van der Waals surface area (Å²) in [7, 11) is 0. The number of nitrogens with one attached hydrogen (secondary N) is 2. The zero-order chi connectivity index (χ0) is 10.6. The standard InChI is InChI=1S/C9H17N3O2/c1-2-6(10)5-11-9(14)7-3-4-8(13)12-7/h6-7H,2-5,10H2,1H3,(H,11,14)(H,12,13). The first kappa shape index (κ1) is 11.0. The highest BCUT2D eigenvalue weighted by atomic mass is 16.2. The Morgan fingerprint density at radius 1 is 1.79 bits per heavy atom. The van der Waals surface area contributed by atoms with Gasteiger partial charge in [0.1, 0.15) is 6.04 Å². The molecule has 1 fully saturated rings. The van der Waals surface area contributed by atoms with Gasteiger partial charge in [0.05, 0.1) is 0 Å². The van der Waals surface area contributed by atoms with Crippen molar-refractivity contribution in [1.82, 2.24) is 10.6 Å². The van der Waals surface area contributed by atoms with E-state index < -0.39 is 0 Å². The van der Waals surface area contributed by atoms with Crippen molar-refractivity contribution in [1.29, 1.82) is 0 Å². The van der Waals surface area contributed by atoms with Crippen molar-refractivity contribution in [2.75, 3.05) is 6.54 Å². The third-order valence-electron chi connectivity index (χ3n) is 2.37. The SMILES string of the molecule is CCC(N)CNC(=O)C1CCC(=O)N1. The summed E-state index contributed by atoms with van der Waals surface area (Å²) < 4.78 is 0. The van der Waals surface area contributed by atoms with Crippen LogP contribution in [-0.4, -0.2) is 30.4 Å². The molecule has 2 amide bonds. The summed E-state index contributed by atoms with van der Waals surface area (Å²) >= 11 is 0. The third-order valence-corrected chi connectivity index (χ3v) is 2.37. The Labute approximate surface area is 83.4 Å². The van der Waals surface area contributed by atoms with Gasteiger partial charge in [-0.2, -0.15) is 0 Å². The summed E-state index contributed by atoms with van der Waals surface area (Å²) in [5.41, 5.74) is 5.65. The van der Waals surface area contributed by atoms with Crippen LogP contribution >= 0.6 is 0 Å². The molecular weight excluding hydrogens is 182 g/mol. The van der Waals surface area contributed by atoms with Crippen molar-refractivity contribution in [3.05, 3.63) is 0 Å². The van der Waals surface area contributed by atoms with Crippen LogP contribution in [-0.2, 0) is 9.59 Å². The molecule has 2 unspecified atom stereocenters. The molecule has 0 radical (unpaired) electrons. The fourth-order valence-electron chi connectivity index (χ4n) is 1.31. The normalized spacial score (nSPS) is 23.0. The highest BCUT2D eigenvalue weighted by molar-refractivity contribution is 5.90. The molecule has 1 saturated heterocycles. The van der Waals surface area contributed by atoms with Crippen LogP contribution in [0.3, 0.4) is 0 Å². The second-order valence-corrected chi connectivity index (χ2v) is 3.57. The lowest BCUT2D eigenvalue weighted by atomic mass is 10.2. The highest BCUT2D eigenvalue weighted by Gasteiger charge is 2.26. The monoisotopic (exact) mass is 199 g/mol. The van der Waals surface area contributed by atoms with Gasteiger partial charge in [-0.3, -0.25) is 9.59 Å². The first-order valence-electron chi connectivity index (χ1n) is 4.96. The minimum atomic E-state index is -0.355. The van der Waals surface area contributed by atoms with Gasteiger partial charge in [0.15, 0.2) is 0 Å². The number of hydrogen-bond donors (Lipinski definition) is 3. The van der Waals surface area contributed by atoms with Gasteiger partial charge >= 0.3 is 0 Å². The van der Waals surface area contributed by atoms with E-state index >= 15 is 0 Å². The van der Waals surface area contributed by atoms with E-state index in [1.165, 1.54) is 0 Å². The van der Waals surface area contributed by atoms with Crippen LogP contribution in [0.4, 0.5) is 0 Å². The maximum atomic E-state index is 11.4. The lowest BCUT2D eigenvalue weighted by molar-refractivity contribution is -0.125. The summed E-state index contributed by atoms with van der Waals surface area (Å²) in [6.07, 6.45) is 1.86. The largest absolute Gasteiger partial charge is 0.353 e. The fourth-order valence-corrected chi connectivity index (χ4v) is 1.31. The molecule has 0 aromatic carbocycles. The predicted octanol–water partition coefficient (Wildman–Crippen LogP) is -0.881. The van der Waals surface area contributed by atoms with Crippen LogP contribution in [0.25, 0.3) is 0 Å². The number of carbonyl (C=O) groups excluding carboxylic acids is 2. The second kappa shape index (κ2) is 4.95. The Balaban J connectivity index is 2.25. The van der Waals surface area contributed by atoms with Crippen LogP contribution in [0.5, 0.6) is 0 Å². The topological polar surface area (TPSA) is 84.2 Å². The zero-order valence-electron chi connectivity index (χ0n) is 8.38. The van der Waals surface area contributed by atoms with Gasteiger partial charge in [0, 0.05) is 19.0 Å². The summed E-state index contributed by atoms with van der Waals surface area (Å²) in [6, 6.07) is -0.359. The molecule has 14 heavy (non-hydrogen) atoms. The average molecular weight is 199 g/mol. The average Bonchev–Trinajstić information content (AvgIpc) is 2.60. The lowest BCUT2D eigenvalue weighted by Gasteiger charge is -2.13. The molecule has 4 N–H and O–H groups in total. The van der Waals surface area contributed by atoms with Crippen LogP contribution < -0.4 is 16.4 Å². The van der Waals surface area contributed by atoms with Crippen molar-refractivity contribution >= 4 is 11.8 Å². The van der Waals surface area contributed by atoms with Crippen molar-refractivity contribution < 1.29 is 9.59 Å². The van der Waals surface area contributed by atoms with E-state index in [0.29, 0.717) is 19.4 Å². The molecule has 2 atom stereocenters. The van der Waals surface area contributed by atoms with Crippen molar-refractivity contribution in [2.24, 2.45) is 5.73 Å². The number of nitrogens with two attached hydrogens (primary N) is 1. The molecule has 1 aliphatic rings. The molecule has 0 saturated carbocycles. The molecule has 0 aromatic rings. The van der Waals surface area contributed by atoms with E-state index in [1.807, 2.05) is 6.92 Å². The highest BCUT2D eigenvalue weighted by Crippen LogP contribution is 2.05. The molecule has 1 heterocycles. The Hall–Kier alpha value is -1.10. The van der Waals surface area contributed by atoms with Crippen molar-refractivity contribution in [3.8, 4) is 0 Å². The van der Waals surface area contributed by atoms with Gasteiger partial charge in [-0.1, -0.05) is 6.92 Å². The van der Waals surface area contributed by atoms with E-state index in [0.717, 1.165) is 6.42 Å². The zero-order valence-corrected chi connectivity index (χ0v) is 8.38.